The summed E-state index contributed by atoms with van der Waals surface area (Å²) in [4.78, 5) is 28.1. The molecule has 2 amide bonds. The molecule has 9 nitrogen and oxygen atoms in total. The highest BCUT2D eigenvalue weighted by Crippen LogP contribution is 2.22. The third kappa shape index (κ3) is 7.10. The quantitative estimate of drug-likeness (QED) is 0.599. The first-order valence-corrected chi connectivity index (χ1v) is 9.69. The number of hydrogen-bond donors (Lipinski definition) is 3. The van der Waals surface area contributed by atoms with Crippen molar-refractivity contribution in [2.75, 3.05) is 52.1 Å². The molecule has 1 saturated heterocycles. The van der Waals surface area contributed by atoms with E-state index in [0.29, 0.717) is 49.7 Å². The first-order valence-electron chi connectivity index (χ1n) is 9.69. The predicted molar refractivity (Wildman–Crippen MR) is 110 cm³/mol. The number of aliphatic hydroxyl groups excluding tert-OH is 1. The van der Waals surface area contributed by atoms with Crippen molar-refractivity contribution in [1.29, 1.82) is 0 Å². The Labute approximate surface area is 171 Å². The van der Waals surface area contributed by atoms with Crippen LogP contribution in [0.25, 0.3) is 0 Å². The van der Waals surface area contributed by atoms with Crippen molar-refractivity contribution in [2.24, 2.45) is 0 Å². The van der Waals surface area contributed by atoms with Gasteiger partial charge in [-0.25, -0.2) is 4.79 Å². The second kappa shape index (κ2) is 9.80. The lowest BCUT2D eigenvalue weighted by Gasteiger charge is -2.36. The molecule has 9 heteroatoms. The molecular weight excluding hydrogens is 376 g/mol. The molecule has 162 valence electrons. The van der Waals surface area contributed by atoms with Crippen molar-refractivity contribution in [3.63, 3.8) is 0 Å². The van der Waals surface area contributed by atoms with Crippen LogP contribution in [0.2, 0.25) is 0 Å². The minimum atomic E-state index is -0.720. The second-order valence-electron chi connectivity index (χ2n) is 8.09. The van der Waals surface area contributed by atoms with Gasteiger partial charge in [0, 0.05) is 44.8 Å². The number of nitrogen functional groups attached to an aromatic ring is 1. The normalized spacial score (nSPS) is 16.2. The van der Waals surface area contributed by atoms with Crippen molar-refractivity contribution in [3.05, 3.63) is 23.8 Å². The molecule has 0 aliphatic carbocycles. The summed E-state index contributed by atoms with van der Waals surface area (Å²) >= 11 is 0. The molecule has 1 aliphatic rings. The number of hydrogen-bond acceptors (Lipinski definition) is 7. The monoisotopic (exact) mass is 408 g/mol. The minimum Gasteiger partial charge on any atom is -0.495 e. The Bertz CT molecular complexity index is 711. The van der Waals surface area contributed by atoms with Gasteiger partial charge in [0.15, 0.2) is 0 Å². The Balaban J connectivity index is 1.74. The number of methoxy groups -OCH3 is 1. The average molecular weight is 408 g/mol. The maximum atomic E-state index is 12.3. The molecule has 2 rings (SSSR count). The van der Waals surface area contributed by atoms with E-state index in [1.165, 1.54) is 7.11 Å². The smallest absolute Gasteiger partial charge is 0.410 e. The van der Waals surface area contributed by atoms with E-state index in [-0.39, 0.29) is 18.5 Å². The summed E-state index contributed by atoms with van der Waals surface area (Å²) in [5, 5.41) is 13.0. The summed E-state index contributed by atoms with van der Waals surface area (Å²) in [5.41, 5.74) is 6.10. The van der Waals surface area contributed by atoms with Gasteiger partial charge in [-0.2, -0.15) is 0 Å². The summed E-state index contributed by atoms with van der Waals surface area (Å²) in [6.07, 6.45) is -1.04. The van der Waals surface area contributed by atoms with E-state index in [9.17, 15) is 14.7 Å². The molecule has 4 N–H and O–H groups in total. The lowest BCUT2D eigenvalue weighted by Crippen LogP contribution is -2.52. The molecule has 0 radical (unpaired) electrons. The van der Waals surface area contributed by atoms with E-state index in [1.807, 2.05) is 20.8 Å². The number of rotatable bonds is 6. The fourth-order valence-corrected chi connectivity index (χ4v) is 2.97. The number of amides is 2. The van der Waals surface area contributed by atoms with E-state index in [0.717, 1.165) is 0 Å². The third-order valence-corrected chi connectivity index (χ3v) is 4.49. The number of ether oxygens (including phenoxy) is 2. The molecule has 1 unspecified atom stereocenters. The average Bonchev–Trinajstić information content (AvgIpc) is 2.65. The van der Waals surface area contributed by atoms with E-state index in [4.69, 9.17) is 15.2 Å². The Morgan fingerprint density at radius 2 is 1.90 bits per heavy atom. The highest BCUT2D eigenvalue weighted by molar-refractivity contribution is 5.95. The van der Waals surface area contributed by atoms with Crippen LogP contribution >= 0.6 is 0 Å². The Morgan fingerprint density at radius 1 is 1.24 bits per heavy atom. The summed E-state index contributed by atoms with van der Waals surface area (Å²) in [6.45, 7) is 8.41. The van der Waals surface area contributed by atoms with Gasteiger partial charge in [-0.05, 0) is 39.0 Å². The molecule has 1 fully saturated rings. The number of aliphatic hydroxyl groups is 1. The molecular formula is C20H32N4O5. The zero-order chi connectivity index (χ0) is 21.6. The van der Waals surface area contributed by atoms with Crippen LogP contribution in [0.15, 0.2) is 18.2 Å². The first-order chi connectivity index (χ1) is 13.6. The third-order valence-electron chi connectivity index (χ3n) is 4.49. The Kier molecular flexibility index (Phi) is 7.69. The standard InChI is InChI=1S/C20H32N4O5/c1-20(2,3)29-19(27)24-9-7-23(8-10-24)13-15(25)12-22-18(26)14-5-6-16(21)17(11-14)28-4/h5-6,11,15,25H,7-10,12-13,21H2,1-4H3,(H,22,26). The summed E-state index contributed by atoms with van der Waals surface area (Å²) < 4.78 is 10.5. The molecule has 1 aromatic rings. The van der Waals surface area contributed by atoms with E-state index in [2.05, 4.69) is 10.2 Å². The number of benzene rings is 1. The van der Waals surface area contributed by atoms with Crippen molar-refractivity contribution in [1.82, 2.24) is 15.1 Å². The van der Waals surface area contributed by atoms with Gasteiger partial charge in [0.25, 0.3) is 5.91 Å². The molecule has 0 saturated carbocycles. The van der Waals surface area contributed by atoms with Gasteiger partial charge in [-0.1, -0.05) is 0 Å². The molecule has 1 aromatic carbocycles. The Hall–Kier alpha value is -2.52. The number of piperazine rings is 1. The molecule has 0 aromatic heterocycles. The van der Waals surface area contributed by atoms with Gasteiger partial charge in [0.05, 0.1) is 18.9 Å². The van der Waals surface area contributed by atoms with Crippen LogP contribution in [-0.4, -0.2) is 85.0 Å². The SMILES string of the molecule is COc1cc(C(=O)NCC(O)CN2CCN(C(=O)OC(C)(C)C)CC2)ccc1N. The zero-order valence-corrected chi connectivity index (χ0v) is 17.6. The van der Waals surface area contributed by atoms with E-state index >= 15 is 0 Å². The fourth-order valence-electron chi connectivity index (χ4n) is 2.97. The summed E-state index contributed by atoms with van der Waals surface area (Å²) in [6, 6.07) is 4.77. The zero-order valence-electron chi connectivity index (χ0n) is 17.6. The van der Waals surface area contributed by atoms with Crippen LogP contribution in [-0.2, 0) is 4.74 Å². The minimum absolute atomic E-state index is 0.123. The van der Waals surface area contributed by atoms with Gasteiger partial charge in [-0.3, -0.25) is 9.69 Å². The molecule has 1 aliphatic heterocycles. The van der Waals surface area contributed by atoms with Gasteiger partial charge in [0.2, 0.25) is 0 Å². The predicted octanol–water partition coefficient (Wildman–Crippen LogP) is 0.921. The van der Waals surface area contributed by atoms with Crippen LogP contribution in [0.4, 0.5) is 10.5 Å². The van der Waals surface area contributed by atoms with Crippen LogP contribution in [0.1, 0.15) is 31.1 Å². The van der Waals surface area contributed by atoms with Crippen LogP contribution < -0.4 is 15.8 Å². The number of carbonyl (C=O) groups excluding carboxylic acids is 2. The largest absolute Gasteiger partial charge is 0.495 e. The van der Waals surface area contributed by atoms with Crippen LogP contribution in [0, 0.1) is 0 Å². The second-order valence-corrected chi connectivity index (χ2v) is 8.09. The van der Waals surface area contributed by atoms with Crippen molar-refractivity contribution in [2.45, 2.75) is 32.5 Å². The van der Waals surface area contributed by atoms with Gasteiger partial charge >= 0.3 is 6.09 Å². The number of carbonyl (C=O) groups is 2. The van der Waals surface area contributed by atoms with Gasteiger partial charge in [-0.15, -0.1) is 0 Å². The number of nitrogens with two attached hydrogens (primary N) is 1. The fraction of sp³-hybridized carbons (Fsp3) is 0.600. The molecule has 1 heterocycles. The maximum Gasteiger partial charge on any atom is 0.410 e. The van der Waals surface area contributed by atoms with Gasteiger partial charge < -0.3 is 30.5 Å². The highest BCUT2D eigenvalue weighted by atomic mass is 16.6. The maximum absolute atomic E-state index is 12.3. The molecule has 0 spiro atoms. The van der Waals surface area contributed by atoms with Crippen LogP contribution in [0.5, 0.6) is 5.75 Å². The lowest BCUT2D eigenvalue weighted by molar-refractivity contribution is 0.0102. The summed E-state index contributed by atoms with van der Waals surface area (Å²) in [7, 11) is 1.49. The van der Waals surface area contributed by atoms with Gasteiger partial charge in [0.1, 0.15) is 11.4 Å². The van der Waals surface area contributed by atoms with Crippen LogP contribution in [0.3, 0.4) is 0 Å². The molecule has 0 bridgehead atoms. The lowest BCUT2D eigenvalue weighted by atomic mass is 10.1. The molecule has 29 heavy (non-hydrogen) atoms. The topological polar surface area (TPSA) is 117 Å². The van der Waals surface area contributed by atoms with Crippen molar-refractivity contribution in [3.8, 4) is 5.75 Å². The highest BCUT2D eigenvalue weighted by Gasteiger charge is 2.26. The number of nitrogens with zero attached hydrogens (tertiary/aromatic N) is 2. The Morgan fingerprint density at radius 3 is 2.48 bits per heavy atom. The van der Waals surface area contributed by atoms with E-state index in [1.54, 1.807) is 23.1 Å². The first kappa shape index (κ1) is 22.8. The number of nitrogens with one attached hydrogen (secondary N) is 1. The number of anilines is 1. The van der Waals surface area contributed by atoms with Crippen molar-refractivity contribution < 1.29 is 24.2 Å². The van der Waals surface area contributed by atoms with E-state index < -0.39 is 11.7 Å². The summed E-state index contributed by atoms with van der Waals surface area (Å²) in [5.74, 6) is 0.123. The molecule has 1 atom stereocenters. The number of β-amino-alcohol motifs (C(OH)–C–C–N with tert-alkyl or cyclic N) is 1. The van der Waals surface area contributed by atoms with Crippen molar-refractivity contribution >= 4 is 17.7 Å².